The monoisotopic (exact) mass is 271 g/mol. The maximum absolute atomic E-state index is 13.0. The fraction of sp³-hybridized carbons (Fsp3) is 0.294. The molecular weight excluding hydrogens is 253 g/mol. The number of halogens is 1. The summed E-state index contributed by atoms with van der Waals surface area (Å²) in [7, 11) is 0. The van der Waals surface area contributed by atoms with E-state index >= 15 is 0 Å². The van der Waals surface area contributed by atoms with Gasteiger partial charge in [0.15, 0.2) is 0 Å². The van der Waals surface area contributed by atoms with Crippen LogP contribution in [0.2, 0.25) is 0 Å². The Labute approximate surface area is 118 Å². The third kappa shape index (κ3) is 2.99. The van der Waals surface area contributed by atoms with Crippen LogP contribution in [0.4, 0.5) is 10.1 Å². The van der Waals surface area contributed by atoms with E-state index in [-0.39, 0.29) is 18.5 Å². The molecule has 1 saturated carbocycles. The van der Waals surface area contributed by atoms with Crippen molar-refractivity contribution < 1.29 is 9.50 Å². The Bertz CT molecular complexity index is 578. The fourth-order valence-electron chi connectivity index (χ4n) is 2.51. The number of benzene rings is 2. The third-order valence-electron chi connectivity index (χ3n) is 3.75. The number of aliphatic hydroxyl groups excluding tert-OH is 1. The van der Waals surface area contributed by atoms with Gasteiger partial charge in [0, 0.05) is 5.69 Å². The molecule has 2 aromatic rings. The van der Waals surface area contributed by atoms with Crippen molar-refractivity contribution in [3.63, 3.8) is 0 Å². The molecule has 0 heterocycles. The van der Waals surface area contributed by atoms with Crippen LogP contribution in [0.15, 0.2) is 48.5 Å². The van der Waals surface area contributed by atoms with Crippen LogP contribution in [0.1, 0.15) is 30.0 Å². The summed E-state index contributed by atoms with van der Waals surface area (Å²) in [4.78, 5) is 0. The topological polar surface area (TPSA) is 32.3 Å². The van der Waals surface area contributed by atoms with E-state index in [1.807, 2.05) is 36.4 Å². The molecule has 0 saturated heterocycles. The van der Waals surface area contributed by atoms with E-state index in [0.717, 1.165) is 16.8 Å². The summed E-state index contributed by atoms with van der Waals surface area (Å²) in [6.45, 7) is 0.0418. The summed E-state index contributed by atoms with van der Waals surface area (Å²) in [6, 6.07) is 14.7. The molecule has 0 radical (unpaired) electrons. The van der Waals surface area contributed by atoms with E-state index in [1.165, 1.54) is 25.0 Å². The van der Waals surface area contributed by atoms with Crippen molar-refractivity contribution in [2.24, 2.45) is 5.92 Å². The van der Waals surface area contributed by atoms with Crippen LogP contribution >= 0.6 is 0 Å². The van der Waals surface area contributed by atoms with Gasteiger partial charge in [0.25, 0.3) is 0 Å². The molecule has 1 unspecified atom stereocenters. The minimum atomic E-state index is -0.203. The van der Waals surface area contributed by atoms with Crippen LogP contribution in [0.3, 0.4) is 0 Å². The lowest BCUT2D eigenvalue weighted by atomic mass is 10.0. The number of anilines is 1. The molecule has 2 N–H and O–H groups in total. The highest BCUT2D eigenvalue weighted by Crippen LogP contribution is 2.42. The van der Waals surface area contributed by atoms with Crippen LogP contribution < -0.4 is 5.32 Å². The van der Waals surface area contributed by atoms with Gasteiger partial charge in [-0.2, -0.15) is 0 Å². The van der Waals surface area contributed by atoms with Gasteiger partial charge < -0.3 is 10.4 Å². The van der Waals surface area contributed by atoms with Crippen molar-refractivity contribution in [1.82, 2.24) is 0 Å². The molecule has 0 bridgehead atoms. The van der Waals surface area contributed by atoms with E-state index in [9.17, 15) is 9.50 Å². The van der Waals surface area contributed by atoms with Gasteiger partial charge in [-0.05, 0) is 54.2 Å². The van der Waals surface area contributed by atoms with Crippen LogP contribution in [0.5, 0.6) is 0 Å². The van der Waals surface area contributed by atoms with Crippen LogP contribution in [-0.4, -0.2) is 5.11 Å². The van der Waals surface area contributed by atoms with Crippen molar-refractivity contribution in [2.45, 2.75) is 25.5 Å². The zero-order chi connectivity index (χ0) is 13.9. The normalized spacial score (nSPS) is 15.9. The van der Waals surface area contributed by atoms with Gasteiger partial charge in [0.1, 0.15) is 5.82 Å². The molecule has 3 rings (SSSR count). The average Bonchev–Trinajstić information content (AvgIpc) is 3.31. The second-order valence-electron chi connectivity index (χ2n) is 5.37. The first kappa shape index (κ1) is 13.1. The molecule has 0 amide bonds. The number of hydrogen-bond donors (Lipinski definition) is 2. The van der Waals surface area contributed by atoms with Crippen molar-refractivity contribution in [3.05, 3.63) is 65.5 Å². The van der Waals surface area contributed by atoms with Crippen LogP contribution in [0, 0.1) is 11.7 Å². The molecule has 1 fully saturated rings. The van der Waals surface area contributed by atoms with E-state index in [2.05, 4.69) is 5.32 Å². The lowest BCUT2D eigenvalue weighted by Gasteiger charge is -2.20. The Hall–Kier alpha value is -1.87. The summed E-state index contributed by atoms with van der Waals surface area (Å²) in [5.41, 5.74) is 3.00. The number of rotatable bonds is 5. The largest absolute Gasteiger partial charge is 0.392 e. The standard InChI is InChI=1S/C17H18FNO/c18-15-8-6-14(7-9-15)17(13-4-5-13)19-16-3-1-2-12(10-16)11-20/h1-3,6-10,13,17,19-20H,4-5,11H2. The molecule has 1 aliphatic rings. The molecule has 0 spiro atoms. The molecule has 1 aliphatic carbocycles. The SMILES string of the molecule is OCc1cccc(NC(c2ccc(F)cc2)C2CC2)c1. The zero-order valence-electron chi connectivity index (χ0n) is 11.2. The first-order valence-electron chi connectivity index (χ1n) is 6.98. The second-order valence-corrected chi connectivity index (χ2v) is 5.37. The number of nitrogens with one attached hydrogen (secondary N) is 1. The van der Waals surface area contributed by atoms with Crippen molar-refractivity contribution >= 4 is 5.69 Å². The Balaban J connectivity index is 1.82. The highest BCUT2D eigenvalue weighted by atomic mass is 19.1. The average molecular weight is 271 g/mol. The Morgan fingerprint density at radius 1 is 1.15 bits per heavy atom. The van der Waals surface area contributed by atoms with E-state index in [0.29, 0.717) is 5.92 Å². The number of aliphatic hydroxyl groups is 1. The highest BCUT2D eigenvalue weighted by Gasteiger charge is 2.32. The van der Waals surface area contributed by atoms with Gasteiger partial charge in [-0.1, -0.05) is 24.3 Å². The molecule has 2 aromatic carbocycles. The quantitative estimate of drug-likeness (QED) is 0.865. The van der Waals surface area contributed by atoms with Crippen molar-refractivity contribution in [1.29, 1.82) is 0 Å². The van der Waals surface area contributed by atoms with E-state index in [1.54, 1.807) is 0 Å². The molecule has 0 aromatic heterocycles. The highest BCUT2D eigenvalue weighted by molar-refractivity contribution is 5.48. The summed E-state index contributed by atoms with van der Waals surface area (Å²) >= 11 is 0. The van der Waals surface area contributed by atoms with Crippen LogP contribution in [-0.2, 0) is 6.61 Å². The van der Waals surface area contributed by atoms with Crippen molar-refractivity contribution in [3.8, 4) is 0 Å². The third-order valence-corrected chi connectivity index (χ3v) is 3.75. The molecule has 0 aliphatic heterocycles. The number of hydrogen-bond acceptors (Lipinski definition) is 2. The van der Waals surface area contributed by atoms with E-state index < -0.39 is 0 Å². The predicted molar refractivity (Wildman–Crippen MR) is 77.9 cm³/mol. The van der Waals surface area contributed by atoms with Gasteiger partial charge >= 0.3 is 0 Å². The van der Waals surface area contributed by atoms with Gasteiger partial charge in [-0.3, -0.25) is 0 Å². The van der Waals surface area contributed by atoms with E-state index in [4.69, 9.17) is 0 Å². The Kier molecular flexibility index (Phi) is 3.70. The second kappa shape index (κ2) is 5.63. The van der Waals surface area contributed by atoms with Gasteiger partial charge in [-0.25, -0.2) is 4.39 Å². The first-order chi connectivity index (χ1) is 9.76. The zero-order valence-corrected chi connectivity index (χ0v) is 11.2. The van der Waals surface area contributed by atoms with Crippen molar-refractivity contribution in [2.75, 3.05) is 5.32 Å². The summed E-state index contributed by atoms with van der Waals surface area (Å²) in [5.74, 6) is 0.406. The molecule has 3 heteroatoms. The molecular formula is C17H18FNO. The first-order valence-corrected chi connectivity index (χ1v) is 6.98. The molecule has 20 heavy (non-hydrogen) atoms. The maximum atomic E-state index is 13.0. The molecule has 1 atom stereocenters. The van der Waals surface area contributed by atoms with Gasteiger partial charge in [0.2, 0.25) is 0 Å². The van der Waals surface area contributed by atoms with Crippen LogP contribution in [0.25, 0.3) is 0 Å². The fourth-order valence-corrected chi connectivity index (χ4v) is 2.51. The predicted octanol–water partition coefficient (Wildman–Crippen LogP) is 3.88. The Morgan fingerprint density at radius 2 is 1.90 bits per heavy atom. The van der Waals surface area contributed by atoms with Gasteiger partial charge in [0.05, 0.1) is 12.6 Å². The Morgan fingerprint density at radius 3 is 2.55 bits per heavy atom. The summed E-state index contributed by atoms with van der Waals surface area (Å²) in [6.07, 6.45) is 2.41. The lowest BCUT2D eigenvalue weighted by Crippen LogP contribution is -2.13. The summed E-state index contributed by atoms with van der Waals surface area (Å²) < 4.78 is 13.0. The lowest BCUT2D eigenvalue weighted by molar-refractivity contribution is 0.282. The van der Waals surface area contributed by atoms with Gasteiger partial charge in [-0.15, -0.1) is 0 Å². The maximum Gasteiger partial charge on any atom is 0.123 e. The molecule has 2 nitrogen and oxygen atoms in total. The minimum Gasteiger partial charge on any atom is -0.392 e. The summed E-state index contributed by atoms with van der Waals surface area (Å²) in [5, 5.41) is 12.7. The minimum absolute atomic E-state index is 0.0418. The molecule has 104 valence electrons. The smallest absolute Gasteiger partial charge is 0.123 e.